The normalized spacial score (nSPS) is 14.8. The molecule has 0 radical (unpaired) electrons. The highest BCUT2D eigenvalue weighted by molar-refractivity contribution is 7.22. The molecular weight excluding hydrogens is 420 g/mol. The molecule has 0 atom stereocenters. The molecule has 3 aromatic rings. The molecule has 0 spiro atoms. The van der Waals surface area contributed by atoms with Gasteiger partial charge in [-0.05, 0) is 49.6 Å². The quantitative estimate of drug-likeness (QED) is 0.558. The molecule has 1 aliphatic rings. The first-order valence-electron chi connectivity index (χ1n) is 10.4. The smallest absolute Gasteiger partial charge is 0.260 e. The summed E-state index contributed by atoms with van der Waals surface area (Å²) in [4.78, 5) is 21.7. The fraction of sp³-hybridized carbons (Fsp3) is 0.391. The van der Waals surface area contributed by atoms with Crippen LogP contribution in [-0.2, 0) is 4.74 Å². The SMILES string of the molecule is Cc1ccc(C(=O)N(CCCN2CCOCC2)c2nc3c(F)cc(F)cc3s2)cc1C. The molecule has 164 valence electrons. The highest BCUT2D eigenvalue weighted by atomic mass is 32.1. The number of rotatable bonds is 6. The zero-order valence-corrected chi connectivity index (χ0v) is 18.5. The lowest BCUT2D eigenvalue weighted by Crippen LogP contribution is -2.39. The summed E-state index contributed by atoms with van der Waals surface area (Å²) in [5.41, 5.74) is 2.78. The minimum atomic E-state index is -0.718. The second-order valence-corrected chi connectivity index (χ2v) is 8.80. The van der Waals surface area contributed by atoms with E-state index in [1.165, 1.54) is 6.07 Å². The Balaban J connectivity index is 1.62. The maximum atomic E-state index is 14.2. The van der Waals surface area contributed by atoms with E-state index in [9.17, 15) is 13.6 Å². The summed E-state index contributed by atoms with van der Waals surface area (Å²) in [5, 5.41) is 0.379. The number of halogens is 2. The highest BCUT2D eigenvalue weighted by Gasteiger charge is 2.23. The van der Waals surface area contributed by atoms with Crippen molar-refractivity contribution < 1.29 is 18.3 Å². The molecule has 0 saturated carbocycles. The standard InChI is InChI=1S/C23H25F2N3O2S/c1-15-4-5-17(12-16(15)2)22(29)28(7-3-6-27-8-10-30-11-9-27)23-26-21-19(25)13-18(24)14-20(21)31-23/h4-5,12-14H,3,6-11H2,1-2H3. The number of aromatic nitrogens is 1. The zero-order chi connectivity index (χ0) is 22.0. The number of morpholine rings is 1. The van der Waals surface area contributed by atoms with E-state index in [1.807, 2.05) is 26.0 Å². The molecule has 1 saturated heterocycles. The largest absolute Gasteiger partial charge is 0.379 e. The molecule has 4 rings (SSSR count). The molecule has 1 fully saturated rings. The second-order valence-electron chi connectivity index (χ2n) is 7.79. The van der Waals surface area contributed by atoms with Crippen molar-refractivity contribution in [3.8, 4) is 0 Å². The monoisotopic (exact) mass is 445 g/mol. The number of aryl methyl sites for hydroxylation is 2. The van der Waals surface area contributed by atoms with Crippen molar-refractivity contribution in [3.63, 3.8) is 0 Å². The number of ether oxygens (including phenoxy) is 1. The summed E-state index contributed by atoms with van der Waals surface area (Å²) in [5.74, 6) is -1.56. The molecule has 1 aliphatic heterocycles. The lowest BCUT2D eigenvalue weighted by molar-refractivity contribution is 0.0376. The molecule has 2 aromatic carbocycles. The van der Waals surface area contributed by atoms with E-state index in [2.05, 4.69) is 9.88 Å². The van der Waals surface area contributed by atoms with E-state index >= 15 is 0 Å². The molecule has 0 unspecified atom stereocenters. The van der Waals surface area contributed by atoms with Crippen molar-refractivity contribution >= 4 is 32.6 Å². The first-order chi connectivity index (χ1) is 14.9. The van der Waals surface area contributed by atoms with E-state index in [1.54, 1.807) is 11.0 Å². The Labute approximate surface area is 184 Å². The highest BCUT2D eigenvalue weighted by Crippen LogP contribution is 2.32. The number of hydrogen-bond donors (Lipinski definition) is 0. The fourth-order valence-corrected chi connectivity index (χ4v) is 4.68. The van der Waals surface area contributed by atoms with Gasteiger partial charge in [-0.1, -0.05) is 17.4 Å². The van der Waals surface area contributed by atoms with Crippen molar-refractivity contribution in [2.24, 2.45) is 0 Å². The maximum absolute atomic E-state index is 14.2. The molecule has 5 nitrogen and oxygen atoms in total. The number of hydrogen-bond acceptors (Lipinski definition) is 5. The van der Waals surface area contributed by atoms with Crippen LogP contribution >= 0.6 is 11.3 Å². The Hall–Kier alpha value is -2.42. The van der Waals surface area contributed by atoms with Crippen LogP contribution in [0.2, 0.25) is 0 Å². The van der Waals surface area contributed by atoms with Crippen LogP contribution in [0.4, 0.5) is 13.9 Å². The van der Waals surface area contributed by atoms with Crippen molar-refractivity contribution in [3.05, 3.63) is 58.7 Å². The molecular formula is C23H25F2N3O2S. The number of benzene rings is 2. The van der Waals surface area contributed by atoms with Crippen molar-refractivity contribution in [2.45, 2.75) is 20.3 Å². The number of amides is 1. The number of carbonyl (C=O) groups excluding carboxylic acids is 1. The van der Waals surface area contributed by atoms with Gasteiger partial charge >= 0.3 is 0 Å². The number of fused-ring (bicyclic) bond motifs is 1. The van der Waals surface area contributed by atoms with Crippen molar-refractivity contribution in [1.29, 1.82) is 0 Å². The van der Waals surface area contributed by atoms with E-state index in [-0.39, 0.29) is 11.4 Å². The summed E-state index contributed by atoms with van der Waals surface area (Å²) in [6.45, 7) is 8.40. The summed E-state index contributed by atoms with van der Waals surface area (Å²) in [7, 11) is 0. The third-order valence-electron chi connectivity index (χ3n) is 5.59. The Morgan fingerprint density at radius 3 is 2.68 bits per heavy atom. The summed E-state index contributed by atoms with van der Waals surface area (Å²) >= 11 is 1.13. The van der Waals surface area contributed by atoms with Gasteiger partial charge < -0.3 is 4.74 Å². The topological polar surface area (TPSA) is 45.7 Å². The minimum Gasteiger partial charge on any atom is -0.379 e. The van der Waals surface area contributed by atoms with Gasteiger partial charge in [0, 0.05) is 37.8 Å². The number of carbonyl (C=O) groups is 1. The van der Waals surface area contributed by atoms with Crippen LogP contribution in [0, 0.1) is 25.5 Å². The third kappa shape index (κ3) is 4.92. The van der Waals surface area contributed by atoms with Gasteiger partial charge in [-0.3, -0.25) is 14.6 Å². The summed E-state index contributed by atoms with van der Waals surface area (Å²) in [6, 6.07) is 7.65. The third-order valence-corrected chi connectivity index (χ3v) is 6.62. The van der Waals surface area contributed by atoms with Crippen LogP contribution in [0.25, 0.3) is 10.2 Å². The Morgan fingerprint density at radius 2 is 1.94 bits per heavy atom. The molecule has 0 N–H and O–H groups in total. The van der Waals surface area contributed by atoms with Crippen LogP contribution < -0.4 is 4.90 Å². The number of nitrogens with zero attached hydrogens (tertiary/aromatic N) is 3. The van der Waals surface area contributed by atoms with Crippen LogP contribution in [0.5, 0.6) is 0 Å². The van der Waals surface area contributed by atoms with Crippen LogP contribution in [0.1, 0.15) is 27.9 Å². The number of anilines is 1. The average Bonchev–Trinajstić information content (AvgIpc) is 3.17. The van der Waals surface area contributed by atoms with Gasteiger partial charge in [0.1, 0.15) is 11.3 Å². The first kappa shape index (κ1) is 21.8. The van der Waals surface area contributed by atoms with Gasteiger partial charge in [-0.15, -0.1) is 0 Å². The first-order valence-corrected chi connectivity index (χ1v) is 11.2. The lowest BCUT2D eigenvalue weighted by Gasteiger charge is -2.27. The van der Waals surface area contributed by atoms with Gasteiger partial charge in [0.05, 0.1) is 17.9 Å². The number of thiazole rings is 1. The zero-order valence-electron chi connectivity index (χ0n) is 17.7. The van der Waals surface area contributed by atoms with Crippen LogP contribution in [-0.4, -0.2) is 55.2 Å². The summed E-state index contributed by atoms with van der Waals surface area (Å²) < 4.78 is 33.7. The Kier molecular flexibility index (Phi) is 6.60. The molecule has 31 heavy (non-hydrogen) atoms. The van der Waals surface area contributed by atoms with Gasteiger partial charge in [0.15, 0.2) is 10.9 Å². The fourth-order valence-electron chi connectivity index (χ4n) is 3.65. The van der Waals surface area contributed by atoms with Crippen LogP contribution in [0.3, 0.4) is 0 Å². The predicted octanol–water partition coefficient (Wildman–Crippen LogP) is 4.56. The van der Waals surface area contributed by atoms with Gasteiger partial charge in [0.2, 0.25) is 0 Å². The minimum absolute atomic E-state index is 0.0902. The molecule has 1 aromatic heterocycles. The Morgan fingerprint density at radius 1 is 1.16 bits per heavy atom. The van der Waals surface area contributed by atoms with Crippen molar-refractivity contribution in [2.75, 3.05) is 44.3 Å². The van der Waals surface area contributed by atoms with E-state index < -0.39 is 11.6 Å². The van der Waals surface area contributed by atoms with Gasteiger partial charge in [-0.25, -0.2) is 13.8 Å². The maximum Gasteiger partial charge on any atom is 0.260 e. The predicted molar refractivity (Wildman–Crippen MR) is 119 cm³/mol. The average molecular weight is 446 g/mol. The molecule has 8 heteroatoms. The second kappa shape index (κ2) is 9.38. The van der Waals surface area contributed by atoms with Gasteiger partial charge in [0.25, 0.3) is 5.91 Å². The molecule has 1 amide bonds. The Bertz CT molecular complexity index is 1100. The van der Waals surface area contributed by atoms with Crippen molar-refractivity contribution in [1.82, 2.24) is 9.88 Å². The van der Waals surface area contributed by atoms with Crippen LogP contribution in [0.15, 0.2) is 30.3 Å². The lowest BCUT2D eigenvalue weighted by atomic mass is 10.1. The molecule has 0 aliphatic carbocycles. The van der Waals surface area contributed by atoms with Gasteiger partial charge in [-0.2, -0.15) is 0 Å². The van der Waals surface area contributed by atoms with E-state index in [4.69, 9.17) is 4.74 Å². The van der Waals surface area contributed by atoms with E-state index in [0.717, 1.165) is 54.6 Å². The summed E-state index contributed by atoms with van der Waals surface area (Å²) in [6.07, 6.45) is 0.739. The molecule has 2 heterocycles. The molecule has 0 bridgehead atoms. The van der Waals surface area contributed by atoms with E-state index in [0.29, 0.717) is 35.2 Å².